The van der Waals surface area contributed by atoms with Crippen molar-refractivity contribution < 1.29 is 18.0 Å². The molecule has 176 valence electrons. The second-order valence-electron chi connectivity index (χ2n) is 9.01. The molecule has 0 fully saturated rings. The maximum absolute atomic E-state index is 14.2. The summed E-state index contributed by atoms with van der Waals surface area (Å²) in [5, 5.41) is 0. The molecule has 1 unspecified atom stereocenters. The first kappa shape index (κ1) is 22.3. The number of oxazole rings is 1. The molecular formula is C26H25F2N3O3. The Labute approximate surface area is 195 Å². The lowest BCUT2D eigenvalue weighted by Crippen LogP contribution is -2.40. The number of para-hydroxylation sites is 1. The Balaban J connectivity index is 1.64. The zero-order valence-electron chi connectivity index (χ0n) is 19.0. The van der Waals surface area contributed by atoms with Gasteiger partial charge in [-0.3, -0.25) is 14.8 Å². The highest BCUT2D eigenvalue weighted by Crippen LogP contribution is 2.44. The summed E-state index contributed by atoms with van der Waals surface area (Å²) >= 11 is 0. The van der Waals surface area contributed by atoms with Gasteiger partial charge in [-0.05, 0) is 36.1 Å². The van der Waals surface area contributed by atoms with Crippen molar-refractivity contribution in [3.8, 4) is 0 Å². The van der Waals surface area contributed by atoms with Gasteiger partial charge in [-0.2, -0.15) is 0 Å². The molecule has 2 aromatic carbocycles. The van der Waals surface area contributed by atoms with Gasteiger partial charge in [0, 0.05) is 23.6 Å². The van der Waals surface area contributed by atoms with E-state index in [1.807, 2.05) is 24.3 Å². The lowest BCUT2D eigenvalue weighted by atomic mass is 9.90. The average Bonchev–Trinajstić information content (AvgIpc) is 3.45. The number of unbranched alkanes of at least 4 members (excludes halogenated alkanes) is 1. The van der Waals surface area contributed by atoms with Gasteiger partial charge in [0.15, 0.2) is 5.58 Å². The monoisotopic (exact) mass is 465 g/mol. The van der Waals surface area contributed by atoms with Crippen molar-refractivity contribution in [2.45, 2.75) is 45.1 Å². The van der Waals surface area contributed by atoms with E-state index in [-0.39, 0.29) is 6.54 Å². The standard InChI is InChI=1S/C26H25F2N3O3/c1-3-4-7-15-8-5-9-16(12-15)22-20-18(24(32)31(22)14-26(2,27)28)13-29-21(20)17-10-6-11-19-23(17)34-25(33)30-19/h5-6,8-12,22H,3-4,7,13-14H2,1-2H3,(H,30,33). The quantitative estimate of drug-likeness (QED) is 0.544. The molecule has 3 aromatic rings. The fourth-order valence-electron chi connectivity index (χ4n) is 4.89. The number of hydrogen-bond donors (Lipinski definition) is 1. The van der Waals surface area contributed by atoms with Crippen LogP contribution in [0.25, 0.3) is 11.1 Å². The van der Waals surface area contributed by atoms with Crippen LogP contribution in [0.1, 0.15) is 49.4 Å². The first-order chi connectivity index (χ1) is 16.3. The molecule has 1 atom stereocenters. The number of H-pyrrole nitrogens is 1. The number of aryl methyl sites for hydroxylation is 1. The predicted molar refractivity (Wildman–Crippen MR) is 125 cm³/mol. The van der Waals surface area contributed by atoms with E-state index in [1.54, 1.807) is 18.2 Å². The number of rotatable bonds is 7. The van der Waals surface area contributed by atoms with E-state index < -0.39 is 30.2 Å². The minimum Gasteiger partial charge on any atom is -0.407 e. The van der Waals surface area contributed by atoms with E-state index in [1.165, 1.54) is 4.90 Å². The number of fused-ring (bicyclic) bond motifs is 1. The van der Waals surface area contributed by atoms with Crippen LogP contribution in [0.2, 0.25) is 0 Å². The van der Waals surface area contributed by atoms with E-state index in [2.05, 4.69) is 16.9 Å². The van der Waals surface area contributed by atoms with Crippen LogP contribution in [0.4, 0.5) is 8.78 Å². The van der Waals surface area contributed by atoms with Gasteiger partial charge in [0.2, 0.25) is 0 Å². The van der Waals surface area contributed by atoms with Crippen molar-refractivity contribution in [1.82, 2.24) is 9.88 Å². The number of carbonyl (C=O) groups is 1. The molecule has 5 rings (SSSR count). The molecule has 6 nitrogen and oxygen atoms in total. The molecule has 1 aromatic heterocycles. The van der Waals surface area contributed by atoms with Crippen molar-refractivity contribution in [3.05, 3.63) is 80.9 Å². The van der Waals surface area contributed by atoms with E-state index in [4.69, 9.17) is 4.42 Å². The number of aliphatic imine (C=N–C) groups is 1. The molecule has 8 heteroatoms. The third-order valence-corrected chi connectivity index (χ3v) is 6.32. The number of halogens is 2. The van der Waals surface area contributed by atoms with Crippen LogP contribution in [-0.4, -0.2) is 40.5 Å². The van der Waals surface area contributed by atoms with Crippen molar-refractivity contribution in [3.63, 3.8) is 0 Å². The van der Waals surface area contributed by atoms with Gasteiger partial charge in [-0.15, -0.1) is 0 Å². The maximum atomic E-state index is 14.2. The van der Waals surface area contributed by atoms with Gasteiger partial charge in [0.25, 0.3) is 11.8 Å². The van der Waals surface area contributed by atoms with Gasteiger partial charge in [0.05, 0.1) is 30.4 Å². The van der Waals surface area contributed by atoms with Crippen molar-refractivity contribution in [2.75, 3.05) is 13.1 Å². The minimum atomic E-state index is -3.06. The average molecular weight is 466 g/mol. The van der Waals surface area contributed by atoms with Crippen molar-refractivity contribution >= 4 is 22.7 Å². The highest BCUT2D eigenvalue weighted by molar-refractivity contribution is 6.25. The van der Waals surface area contributed by atoms with Crippen LogP contribution in [0.3, 0.4) is 0 Å². The van der Waals surface area contributed by atoms with Crippen LogP contribution < -0.4 is 5.76 Å². The third kappa shape index (κ3) is 3.87. The molecule has 0 radical (unpaired) electrons. The number of aromatic nitrogens is 1. The fourth-order valence-corrected chi connectivity index (χ4v) is 4.89. The largest absolute Gasteiger partial charge is 0.417 e. The highest BCUT2D eigenvalue weighted by Gasteiger charge is 2.47. The van der Waals surface area contributed by atoms with Gasteiger partial charge >= 0.3 is 5.76 Å². The zero-order chi connectivity index (χ0) is 24.0. The molecule has 1 amide bonds. The fraction of sp³-hybridized carbons (Fsp3) is 0.346. The van der Waals surface area contributed by atoms with Crippen LogP contribution in [0.5, 0.6) is 0 Å². The van der Waals surface area contributed by atoms with Gasteiger partial charge < -0.3 is 9.32 Å². The summed E-state index contributed by atoms with van der Waals surface area (Å²) in [6.45, 7) is 2.34. The Bertz CT molecular complexity index is 1390. The lowest BCUT2D eigenvalue weighted by Gasteiger charge is -2.30. The number of amides is 1. The molecule has 0 bridgehead atoms. The SMILES string of the molecule is CCCCc1cccc(C2C3=C(CN=C3c3cccc4[nH]c(=O)oc34)C(=O)N2CC(C)(F)F)c1. The summed E-state index contributed by atoms with van der Waals surface area (Å²) in [5.41, 5.74) is 4.80. The van der Waals surface area contributed by atoms with E-state index in [0.717, 1.165) is 37.3 Å². The number of hydrogen-bond acceptors (Lipinski definition) is 4. The molecule has 1 N–H and O–H groups in total. The van der Waals surface area contributed by atoms with Crippen molar-refractivity contribution in [2.24, 2.45) is 4.99 Å². The molecule has 0 spiro atoms. The Hall–Kier alpha value is -3.55. The van der Waals surface area contributed by atoms with Crippen LogP contribution in [0.15, 0.2) is 67.8 Å². The number of nitrogens with zero attached hydrogens (tertiary/aromatic N) is 2. The molecule has 0 saturated heterocycles. The minimum absolute atomic E-state index is 0.104. The number of nitrogens with one attached hydrogen (secondary N) is 1. The smallest absolute Gasteiger partial charge is 0.407 e. The number of benzene rings is 2. The molecule has 0 saturated carbocycles. The van der Waals surface area contributed by atoms with E-state index in [9.17, 15) is 18.4 Å². The molecule has 2 aliphatic heterocycles. The Morgan fingerprint density at radius 2 is 2.00 bits per heavy atom. The maximum Gasteiger partial charge on any atom is 0.417 e. The zero-order valence-corrected chi connectivity index (χ0v) is 19.0. The van der Waals surface area contributed by atoms with Crippen LogP contribution in [0, 0.1) is 0 Å². The molecular weight excluding hydrogens is 440 g/mol. The molecule has 3 heterocycles. The molecule has 2 aliphatic rings. The highest BCUT2D eigenvalue weighted by atomic mass is 19.3. The first-order valence-corrected chi connectivity index (χ1v) is 11.4. The lowest BCUT2D eigenvalue weighted by molar-refractivity contribution is -0.132. The van der Waals surface area contributed by atoms with Gasteiger partial charge in [0.1, 0.15) is 0 Å². The van der Waals surface area contributed by atoms with E-state index in [0.29, 0.717) is 33.5 Å². The Kier molecular flexibility index (Phi) is 5.46. The van der Waals surface area contributed by atoms with Crippen LogP contribution in [-0.2, 0) is 11.2 Å². The summed E-state index contributed by atoms with van der Waals surface area (Å²) in [4.78, 5) is 33.7. The third-order valence-electron chi connectivity index (χ3n) is 6.32. The summed E-state index contributed by atoms with van der Waals surface area (Å²) in [6, 6.07) is 12.3. The summed E-state index contributed by atoms with van der Waals surface area (Å²) in [6.07, 6.45) is 2.92. The number of carbonyl (C=O) groups excluding carboxylic acids is 1. The van der Waals surface area contributed by atoms with Crippen LogP contribution >= 0.6 is 0 Å². The van der Waals surface area contributed by atoms with E-state index >= 15 is 0 Å². The summed E-state index contributed by atoms with van der Waals surface area (Å²) in [5.74, 6) is -4.08. The summed E-state index contributed by atoms with van der Waals surface area (Å²) in [7, 11) is 0. The van der Waals surface area contributed by atoms with Gasteiger partial charge in [-0.25, -0.2) is 13.6 Å². The normalized spacial score (nSPS) is 18.2. The van der Waals surface area contributed by atoms with Crippen molar-refractivity contribution in [1.29, 1.82) is 0 Å². The Morgan fingerprint density at radius 3 is 2.76 bits per heavy atom. The van der Waals surface area contributed by atoms with Gasteiger partial charge in [-0.1, -0.05) is 43.7 Å². The summed E-state index contributed by atoms with van der Waals surface area (Å²) < 4.78 is 33.8. The number of aromatic amines is 1. The second kappa shape index (κ2) is 8.34. The molecule has 34 heavy (non-hydrogen) atoms. The predicted octanol–water partition coefficient (Wildman–Crippen LogP) is 4.80. The molecule has 0 aliphatic carbocycles. The number of alkyl halides is 2. The first-order valence-electron chi connectivity index (χ1n) is 11.4. The Morgan fingerprint density at radius 1 is 1.21 bits per heavy atom. The second-order valence-corrected chi connectivity index (χ2v) is 9.01. The topological polar surface area (TPSA) is 78.7 Å².